The summed E-state index contributed by atoms with van der Waals surface area (Å²) in [4.78, 5) is 54.9. The second-order valence-electron chi connectivity index (χ2n) is 13.8. The van der Waals surface area contributed by atoms with E-state index in [0.29, 0.717) is 18.9 Å². The molecule has 0 bridgehead atoms. The molecule has 0 fully saturated rings. The van der Waals surface area contributed by atoms with Crippen LogP contribution in [-0.4, -0.2) is 59.7 Å². The standard InChI is InChI=1S/C41H52N4O6S/c1-5-28(4)25-42-38(47)24-37(46)34(21-27(2)3)43-40(49)36(23-32-18-12-20-52-32)44-39(48)35(45-41(50)51-26-29-13-7-6-8-14-29)22-31-17-11-16-30-15-9-10-19-33(30)31/h6-20,27-28,34-37,46H,5,21-26H2,1-4H3,(H,42,47)(H,43,49)(H,44,48)(H,45,50)/t28?,34-,35-,36?,37-/m0/s1. The third kappa shape index (κ3) is 12.8. The first-order chi connectivity index (χ1) is 25.0. The smallest absolute Gasteiger partial charge is 0.408 e. The Bertz CT molecular complexity index is 1730. The van der Waals surface area contributed by atoms with Crippen molar-refractivity contribution in [3.8, 4) is 0 Å². The summed E-state index contributed by atoms with van der Waals surface area (Å²) in [6, 6.07) is 23.7. The zero-order chi connectivity index (χ0) is 37.5. The Labute approximate surface area is 310 Å². The molecular formula is C41H52N4O6S. The van der Waals surface area contributed by atoms with Crippen molar-refractivity contribution in [2.24, 2.45) is 11.8 Å². The summed E-state index contributed by atoms with van der Waals surface area (Å²) in [6.07, 6.45) is -0.408. The van der Waals surface area contributed by atoms with Crippen LogP contribution in [0, 0.1) is 11.8 Å². The number of amides is 4. The maximum Gasteiger partial charge on any atom is 0.408 e. The van der Waals surface area contributed by atoms with E-state index < -0.39 is 42.1 Å². The molecule has 10 nitrogen and oxygen atoms in total. The SMILES string of the molecule is CCC(C)CNC(=O)C[C@H](O)[C@H](CC(C)C)NC(=O)C(Cc1cccs1)NC(=O)[C@H](Cc1cccc2ccccc12)NC(=O)OCc1ccccc1. The van der Waals surface area contributed by atoms with E-state index in [1.807, 2.05) is 118 Å². The number of aliphatic hydroxyl groups excluding tert-OH is 1. The van der Waals surface area contributed by atoms with Crippen LogP contribution < -0.4 is 21.3 Å². The molecule has 1 heterocycles. The van der Waals surface area contributed by atoms with Gasteiger partial charge < -0.3 is 31.1 Å². The number of rotatable bonds is 19. The van der Waals surface area contributed by atoms with Crippen molar-refractivity contribution in [2.45, 2.75) is 90.6 Å². The van der Waals surface area contributed by atoms with E-state index in [1.54, 1.807) is 0 Å². The third-order valence-corrected chi connectivity index (χ3v) is 9.90. The van der Waals surface area contributed by atoms with Gasteiger partial charge >= 0.3 is 6.09 Å². The van der Waals surface area contributed by atoms with Gasteiger partial charge in [-0.25, -0.2) is 4.79 Å². The molecule has 5 atom stereocenters. The predicted octanol–water partition coefficient (Wildman–Crippen LogP) is 5.91. The topological polar surface area (TPSA) is 146 Å². The first-order valence-corrected chi connectivity index (χ1v) is 18.9. The fraction of sp³-hybridized carbons (Fsp3) is 0.415. The van der Waals surface area contributed by atoms with E-state index in [2.05, 4.69) is 21.3 Å². The van der Waals surface area contributed by atoms with Gasteiger partial charge in [-0.3, -0.25) is 14.4 Å². The van der Waals surface area contributed by atoms with Crippen LogP contribution in [0.5, 0.6) is 0 Å². The van der Waals surface area contributed by atoms with Crippen molar-refractivity contribution in [2.75, 3.05) is 6.54 Å². The number of nitrogens with one attached hydrogen (secondary N) is 4. The molecule has 0 spiro atoms. The van der Waals surface area contributed by atoms with Crippen molar-refractivity contribution in [3.63, 3.8) is 0 Å². The molecule has 0 saturated heterocycles. The highest BCUT2D eigenvalue weighted by Crippen LogP contribution is 2.21. The summed E-state index contributed by atoms with van der Waals surface area (Å²) in [5.74, 6) is -0.947. The molecule has 52 heavy (non-hydrogen) atoms. The van der Waals surface area contributed by atoms with Crippen LogP contribution in [0.2, 0.25) is 0 Å². The molecule has 0 aliphatic carbocycles. The van der Waals surface area contributed by atoms with Crippen LogP contribution in [0.4, 0.5) is 4.79 Å². The number of carbonyl (C=O) groups excluding carboxylic acids is 4. The molecule has 3 aromatic carbocycles. The van der Waals surface area contributed by atoms with E-state index in [4.69, 9.17) is 4.74 Å². The average molecular weight is 729 g/mol. The highest BCUT2D eigenvalue weighted by Gasteiger charge is 2.32. The molecule has 0 saturated carbocycles. The van der Waals surface area contributed by atoms with Gasteiger partial charge in [-0.15, -0.1) is 11.3 Å². The first kappa shape index (κ1) is 40.0. The van der Waals surface area contributed by atoms with Crippen molar-refractivity contribution in [3.05, 3.63) is 106 Å². The van der Waals surface area contributed by atoms with Gasteiger partial charge in [0.15, 0.2) is 0 Å². The molecule has 4 rings (SSSR count). The fourth-order valence-electron chi connectivity index (χ4n) is 5.86. The van der Waals surface area contributed by atoms with Crippen LogP contribution in [-0.2, 0) is 38.6 Å². The van der Waals surface area contributed by atoms with Gasteiger partial charge in [0.1, 0.15) is 18.7 Å². The highest BCUT2D eigenvalue weighted by molar-refractivity contribution is 7.09. The molecule has 0 aliphatic rings. The number of aliphatic hydroxyl groups is 1. The number of thiophene rings is 1. The summed E-state index contributed by atoms with van der Waals surface area (Å²) < 4.78 is 5.49. The summed E-state index contributed by atoms with van der Waals surface area (Å²) in [6.45, 7) is 8.56. The normalized spacial score (nSPS) is 14.1. The van der Waals surface area contributed by atoms with Crippen molar-refractivity contribution >= 4 is 45.9 Å². The predicted molar refractivity (Wildman–Crippen MR) is 206 cm³/mol. The molecule has 2 unspecified atom stereocenters. The lowest BCUT2D eigenvalue weighted by atomic mass is 9.96. The third-order valence-electron chi connectivity index (χ3n) is 9.00. The first-order valence-electron chi connectivity index (χ1n) is 18.0. The fourth-order valence-corrected chi connectivity index (χ4v) is 6.61. The van der Waals surface area contributed by atoms with Crippen LogP contribution in [0.1, 0.15) is 63.0 Å². The van der Waals surface area contributed by atoms with E-state index in [1.165, 1.54) is 11.3 Å². The number of fused-ring (bicyclic) bond motifs is 1. The Balaban J connectivity index is 1.54. The van der Waals surface area contributed by atoms with Crippen molar-refractivity contribution in [1.82, 2.24) is 21.3 Å². The summed E-state index contributed by atoms with van der Waals surface area (Å²) >= 11 is 1.45. The molecular weight excluding hydrogens is 677 g/mol. The van der Waals surface area contributed by atoms with E-state index in [0.717, 1.165) is 33.2 Å². The van der Waals surface area contributed by atoms with Gasteiger partial charge in [-0.2, -0.15) is 0 Å². The Morgan fingerprint density at radius 3 is 2.19 bits per heavy atom. The zero-order valence-corrected chi connectivity index (χ0v) is 31.3. The summed E-state index contributed by atoms with van der Waals surface area (Å²) in [7, 11) is 0. The molecule has 1 aromatic heterocycles. The van der Waals surface area contributed by atoms with E-state index in [-0.39, 0.29) is 37.7 Å². The lowest BCUT2D eigenvalue weighted by Crippen LogP contribution is -2.57. The van der Waals surface area contributed by atoms with Crippen LogP contribution in [0.15, 0.2) is 90.3 Å². The van der Waals surface area contributed by atoms with Crippen LogP contribution >= 0.6 is 11.3 Å². The maximum atomic E-state index is 14.2. The Kier molecular flexibility index (Phi) is 15.7. The second-order valence-corrected chi connectivity index (χ2v) is 14.8. The van der Waals surface area contributed by atoms with Gasteiger partial charge in [0.05, 0.1) is 18.6 Å². The molecule has 0 aliphatic heterocycles. The minimum absolute atomic E-state index is 0.0217. The number of carbonyl (C=O) groups is 4. The number of ether oxygens (including phenoxy) is 1. The largest absolute Gasteiger partial charge is 0.445 e. The molecule has 278 valence electrons. The van der Waals surface area contributed by atoms with E-state index >= 15 is 0 Å². The molecule has 11 heteroatoms. The number of alkyl carbamates (subject to hydrolysis) is 1. The molecule has 5 N–H and O–H groups in total. The number of benzene rings is 3. The number of hydrogen-bond acceptors (Lipinski definition) is 7. The van der Waals surface area contributed by atoms with Gasteiger partial charge in [-0.1, -0.05) is 113 Å². The van der Waals surface area contributed by atoms with Crippen molar-refractivity contribution < 1.29 is 29.0 Å². The molecule has 4 aromatic rings. The van der Waals surface area contributed by atoms with Crippen LogP contribution in [0.25, 0.3) is 10.8 Å². The monoisotopic (exact) mass is 728 g/mol. The van der Waals surface area contributed by atoms with Gasteiger partial charge in [0.2, 0.25) is 17.7 Å². The van der Waals surface area contributed by atoms with Crippen molar-refractivity contribution in [1.29, 1.82) is 0 Å². The number of hydrogen-bond donors (Lipinski definition) is 5. The Hall–Kier alpha value is -4.74. The summed E-state index contributed by atoms with van der Waals surface area (Å²) in [5.41, 5.74) is 1.64. The average Bonchev–Trinajstić information content (AvgIpc) is 3.65. The van der Waals surface area contributed by atoms with Crippen LogP contribution in [0.3, 0.4) is 0 Å². The van der Waals surface area contributed by atoms with Gasteiger partial charge in [-0.05, 0) is 51.6 Å². The van der Waals surface area contributed by atoms with E-state index in [9.17, 15) is 24.3 Å². The molecule has 4 amide bonds. The highest BCUT2D eigenvalue weighted by atomic mass is 32.1. The lowest BCUT2D eigenvalue weighted by Gasteiger charge is -2.29. The van der Waals surface area contributed by atoms with Gasteiger partial charge in [0.25, 0.3) is 0 Å². The lowest BCUT2D eigenvalue weighted by molar-refractivity contribution is -0.131. The minimum atomic E-state index is -1.14. The minimum Gasteiger partial charge on any atom is -0.445 e. The maximum absolute atomic E-state index is 14.2. The quantitative estimate of drug-likeness (QED) is 0.0812. The second kappa shape index (κ2) is 20.3. The zero-order valence-electron chi connectivity index (χ0n) is 30.5. The summed E-state index contributed by atoms with van der Waals surface area (Å²) in [5, 5.41) is 26.5. The molecule has 0 radical (unpaired) electrons. The Morgan fingerprint density at radius 2 is 1.48 bits per heavy atom. The van der Waals surface area contributed by atoms with Gasteiger partial charge in [0, 0.05) is 24.3 Å². The Morgan fingerprint density at radius 1 is 0.788 bits per heavy atom.